The van der Waals surface area contributed by atoms with Gasteiger partial charge in [0.2, 0.25) is 5.78 Å². The van der Waals surface area contributed by atoms with Gasteiger partial charge in [-0.1, -0.05) is 19.1 Å². The first-order chi connectivity index (χ1) is 14.4. The van der Waals surface area contributed by atoms with E-state index in [1.165, 1.54) is 12.1 Å². The summed E-state index contributed by atoms with van der Waals surface area (Å²) >= 11 is 0. The molecule has 3 heterocycles. The third-order valence-electron chi connectivity index (χ3n) is 5.68. The number of aromatic nitrogens is 1. The molecule has 7 heteroatoms. The van der Waals surface area contributed by atoms with Crippen molar-refractivity contribution in [3.8, 4) is 0 Å². The van der Waals surface area contributed by atoms with Crippen molar-refractivity contribution in [2.24, 2.45) is 5.92 Å². The van der Waals surface area contributed by atoms with Crippen LogP contribution >= 0.6 is 0 Å². The Bertz CT molecular complexity index is 1260. The molecule has 6 nitrogen and oxygen atoms in total. The maximum Gasteiger partial charge on any atom is 0.265 e. The van der Waals surface area contributed by atoms with Crippen molar-refractivity contribution < 1.29 is 17.6 Å². The molecule has 0 saturated heterocycles. The average molecular weight is 420 g/mol. The topological polar surface area (TPSA) is 80.5 Å². The molecule has 2 aromatic heterocycles. The molecule has 30 heavy (non-hydrogen) atoms. The van der Waals surface area contributed by atoms with E-state index in [0.29, 0.717) is 17.6 Å². The minimum atomic E-state index is -3.91. The van der Waals surface area contributed by atoms with Crippen LogP contribution in [-0.4, -0.2) is 23.5 Å². The van der Waals surface area contributed by atoms with E-state index in [9.17, 15) is 13.2 Å². The van der Waals surface area contributed by atoms with Crippen LogP contribution in [0.3, 0.4) is 0 Å². The Labute approximate surface area is 174 Å². The van der Waals surface area contributed by atoms with E-state index in [4.69, 9.17) is 4.42 Å². The van der Waals surface area contributed by atoms with Crippen LogP contribution < -0.4 is 0 Å². The SMILES string of the molecule is C[C@@H]1C[C@H]1c1ccc(/C=C2\C(=O)c3ccccc3S(=O)(=O)N2Cc2ccncc2)o1. The van der Waals surface area contributed by atoms with Gasteiger partial charge in [-0.05, 0) is 54.3 Å². The lowest BCUT2D eigenvalue weighted by Gasteiger charge is -2.31. The quantitative estimate of drug-likeness (QED) is 0.590. The van der Waals surface area contributed by atoms with E-state index in [1.54, 1.807) is 48.8 Å². The molecule has 3 aromatic rings. The zero-order valence-corrected chi connectivity index (χ0v) is 17.2. The summed E-state index contributed by atoms with van der Waals surface area (Å²) in [5, 5.41) is 0. The van der Waals surface area contributed by atoms with Crippen molar-refractivity contribution in [1.82, 2.24) is 9.29 Å². The van der Waals surface area contributed by atoms with E-state index in [2.05, 4.69) is 11.9 Å². The normalized spacial score (nSPS) is 23.4. The van der Waals surface area contributed by atoms with Gasteiger partial charge in [0.25, 0.3) is 10.0 Å². The van der Waals surface area contributed by atoms with Gasteiger partial charge < -0.3 is 4.42 Å². The standard InChI is InChI=1S/C23H20N2O4S/c1-15-12-19(15)21-7-6-17(29-21)13-20-23(26)18-4-2-3-5-22(18)30(27,28)25(20)14-16-8-10-24-11-9-16/h2-11,13,15,19H,12,14H2,1H3/b20-13+/t15-,19-/m1/s1. The number of hydrogen-bond acceptors (Lipinski definition) is 5. The zero-order valence-electron chi connectivity index (χ0n) is 16.4. The number of nitrogens with zero attached hydrogens (tertiary/aromatic N) is 2. The van der Waals surface area contributed by atoms with Gasteiger partial charge in [0.1, 0.15) is 17.2 Å². The van der Waals surface area contributed by atoms with Gasteiger partial charge in [0, 0.05) is 30.0 Å². The second-order valence-corrected chi connectivity index (χ2v) is 9.61. The van der Waals surface area contributed by atoms with Gasteiger partial charge >= 0.3 is 0 Å². The molecule has 1 aromatic carbocycles. The molecule has 0 amide bonds. The Hall–Kier alpha value is -3.19. The van der Waals surface area contributed by atoms with Crippen LogP contribution in [0.25, 0.3) is 6.08 Å². The molecule has 2 aliphatic rings. The van der Waals surface area contributed by atoms with Gasteiger partial charge in [-0.25, -0.2) is 8.42 Å². The number of carbonyl (C=O) groups excluding carboxylic acids is 1. The summed E-state index contributed by atoms with van der Waals surface area (Å²) in [5.41, 5.74) is 0.992. The minimum Gasteiger partial charge on any atom is -0.461 e. The highest BCUT2D eigenvalue weighted by Crippen LogP contribution is 2.47. The highest BCUT2D eigenvalue weighted by atomic mass is 32.2. The van der Waals surface area contributed by atoms with Crippen LogP contribution in [0.2, 0.25) is 0 Å². The number of hydrogen-bond donors (Lipinski definition) is 0. The lowest BCUT2D eigenvalue weighted by atomic mass is 10.1. The van der Waals surface area contributed by atoms with Crippen LogP contribution in [0.4, 0.5) is 0 Å². The molecule has 1 aliphatic carbocycles. The predicted octanol–water partition coefficient (Wildman–Crippen LogP) is 4.23. The molecule has 0 bridgehead atoms. The van der Waals surface area contributed by atoms with Crippen molar-refractivity contribution in [2.45, 2.75) is 30.7 Å². The molecule has 1 aliphatic heterocycles. The fourth-order valence-electron chi connectivity index (χ4n) is 3.84. The Kier molecular flexibility index (Phi) is 4.36. The molecule has 0 unspecified atom stereocenters. The van der Waals surface area contributed by atoms with E-state index in [0.717, 1.165) is 22.0 Å². The third kappa shape index (κ3) is 3.15. The number of sulfonamides is 1. The van der Waals surface area contributed by atoms with E-state index in [1.807, 2.05) is 6.07 Å². The van der Waals surface area contributed by atoms with Gasteiger partial charge in [-0.3, -0.25) is 14.1 Å². The first-order valence-electron chi connectivity index (χ1n) is 9.82. The van der Waals surface area contributed by atoms with Gasteiger partial charge in [-0.15, -0.1) is 0 Å². The average Bonchev–Trinajstić information content (AvgIpc) is 3.30. The van der Waals surface area contributed by atoms with E-state index < -0.39 is 10.0 Å². The molecule has 1 fully saturated rings. The second kappa shape index (κ2) is 6.95. The van der Waals surface area contributed by atoms with Crippen LogP contribution in [0.5, 0.6) is 0 Å². The second-order valence-electron chi connectivity index (χ2n) is 7.78. The van der Waals surface area contributed by atoms with Gasteiger partial charge in [0.15, 0.2) is 0 Å². The van der Waals surface area contributed by atoms with Crippen molar-refractivity contribution in [3.63, 3.8) is 0 Å². The molecule has 0 N–H and O–H groups in total. The molecule has 0 spiro atoms. The Morgan fingerprint density at radius 2 is 1.87 bits per heavy atom. The summed E-state index contributed by atoms with van der Waals surface area (Å²) in [6.45, 7) is 2.19. The van der Waals surface area contributed by atoms with Crippen molar-refractivity contribution in [1.29, 1.82) is 0 Å². The number of rotatable bonds is 4. The zero-order chi connectivity index (χ0) is 20.9. The number of benzene rings is 1. The first kappa shape index (κ1) is 18.8. The van der Waals surface area contributed by atoms with Crippen molar-refractivity contribution in [2.75, 3.05) is 0 Å². The molecule has 5 rings (SSSR count). The molecule has 0 radical (unpaired) electrons. The summed E-state index contributed by atoms with van der Waals surface area (Å²) in [6.07, 6.45) is 5.81. The molecule has 1 saturated carbocycles. The molecular formula is C23H20N2O4S. The fourth-order valence-corrected chi connectivity index (χ4v) is 5.48. The summed E-state index contributed by atoms with van der Waals surface area (Å²) in [6, 6.07) is 13.5. The number of Topliss-reactive ketones (excluding diaryl/α,β-unsaturated/α-hetero) is 1. The maximum absolute atomic E-state index is 13.4. The molecular weight excluding hydrogens is 400 g/mol. The van der Waals surface area contributed by atoms with Gasteiger partial charge in [0.05, 0.1) is 11.4 Å². The highest BCUT2D eigenvalue weighted by molar-refractivity contribution is 7.89. The first-order valence-corrected chi connectivity index (χ1v) is 11.3. The summed E-state index contributed by atoms with van der Waals surface area (Å²) in [5.74, 6) is 2.00. The van der Waals surface area contributed by atoms with E-state index >= 15 is 0 Å². The fraction of sp³-hybridized carbons (Fsp3) is 0.217. The van der Waals surface area contributed by atoms with Crippen LogP contribution in [0, 0.1) is 5.92 Å². The smallest absolute Gasteiger partial charge is 0.265 e. The maximum atomic E-state index is 13.4. The minimum absolute atomic E-state index is 0.0214. The number of carbonyl (C=O) groups is 1. The third-order valence-corrected chi connectivity index (χ3v) is 7.50. The number of pyridine rings is 1. The molecule has 2 atom stereocenters. The summed E-state index contributed by atoms with van der Waals surface area (Å²) in [4.78, 5) is 17.3. The Balaban J connectivity index is 1.62. The Morgan fingerprint density at radius 1 is 1.13 bits per heavy atom. The van der Waals surface area contributed by atoms with Crippen LogP contribution in [0.1, 0.15) is 46.7 Å². The van der Waals surface area contributed by atoms with Crippen LogP contribution in [0.15, 0.2) is 75.9 Å². The van der Waals surface area contributed by atoms with Crippen molar-refractivity contribution >= 4 is 21.9 Å². The van der Waals surface area contributed by atoms with Gasteiger partial charge in [-0.2, -0.15) is 0 Å². The number of fused-ring (bicyclic) bond motifs is 1. The monoisotopic (exact) mass is 420 g/mol. The number of allylic oxidation sites excluding steroid dienone is 1. The van der Waals surface area contributed by atoms with Crippen molar-refractivity contribution in [3.05, 3.63) is 89.3 Å². The molecule has 152 valence electrons. The largest absolute Gasteiger partial charge is 0.461 e. The number of ketones is 1. The lowest BCUT2D eigenvalue weighted by molar-refractivity contribution is 0.100. The van der Waals surface area contributed by atoms with E-state index in [-0.39, 0.29) is 28.5 Å². The number of furan rings is 1. The lowest BCUT2D eigenvalue weighted by Crippen LogP contribution is -2.38. The Morgan fingerprint density at radius 3 is 2.60 bits per heavy atom. The summed E-state index contributed by atoms with van der Waals surface area (Å²) < 4.78 is 33.9. The summed E-state index contributed by atoms with van der Waals surface area (Å²) in [7, 11) is -3.91. The highest BCUT2D eigenvalue weighted by Gasteiger charge is 2.40. The predicted molar refractivity (Wildman–Crippen MR) is 111 cm³/mol. The van der Waals surface area contributed by atoms with Crippen LogP contribution in [-0.2, 0) is 16.6 Å².